The number of hydrogen-bond acceptors (Lipinski definition) is 2. The molecule has 1 fully saturated rings. The van der Waals surface area contributed by atoms with Crippen LogP contribution in [0.25, 0.3) is 0 Å². The highest BCUT2D eigenvalue weighted by Gasteiger charge is 2.29. The Balaban J connectivity index is 2.09. The number of carbonyl (C=O) groups excluding carboxylic acids is 1. The molecule has 0 saturated carbocycles. The monoisotopic (exact) mass is 273 g/mol. The molecule has 0 aromatic heterocycles. The zero-order valence-corrected chi connectivity index (χ0v) is 12.3. The van der Waals surface area contributed by atoms with Crippen molar-refractivity contribution in [3.63, 3.8) is 0 Å². The topological polar surface area (TPSA) is 29.5 Å². The van der Waals surface area contributed by atoms with Gasteiger partial charge in [-0.05, 0) is 57.4 Å². The highest BCUT2D eigenvalue weighted by Crippen LogP contribution is 2.25. The van der Waals surface area contributed by atoms with Crippen molar-refractivity contribution in [1.82, 2.24) is 4.90 Å². The zero-order chi connectivity index (χ0) is 14.5. The third-order valence-electron chi connectivity index (χ3n) is 3.90. The Hall–Kier alpha value is -1.77. The molecule has 0 unspecified atom stereocenters. The molecule has 1 aromatic rings. The summed E-state index contributed by atoms with van der Waals surface area (Å²) in [4.78, 5) is 14.6. The standard InChI is InChI=1S/C17H23NO2/c1-4-12-20-16-10-8-15(9-11-16)17(19)18-13(2)6-5-7-14(18)3/h4,8-11,13-14H,1,5-7,12H2,2-3H3/t13-,14+. The van der Waals surface area contributed by atoms with Crippen molar-refractivity contribution in [1.29, 1.82) is 0 Å². The lowest BCUT2D eigenvalue weighted by Gasteiger charge is -2.39. The summed E-state index contributed by atoms with van der Waals surface area (Å²) >= 11 is 0. The predicted octanol–water partition coefficient (Wildman–Crippen LogP) is 3.65. The molecule has 0 bridgehead atoms. The summed E-state index contributed by atoms with van der Waals surface area (Å²) in [5, 5.41) is 0. The van der Waals surface area contributed by atoms with Crippen LogP contribution in [0.3, 0.4) is 0 Å². The van der Waals surface area contributed by atoms with Gasteiger partial charge in [0.25, 0.3) is 5.91 Å². The van der Waals surface area contributed by atoms with Crippen LogP contribution in [0.1, 0.15) is 43.5 Å². The minimum Gasteiger partial charge on any atom is -0.490 e. The van der Waals surface area contributed by atoms with Gasteiger partial charge in [-0.2, -0.15) is 0 Å². The van der Waals surface area contributed by atoms with Gasteiger partial charge in [-0.25, -0.2) is 0 Å². The van der Waals surface area contributed by atoms with Crippen molar-refractivity contribution in [2.45, 2.75) is 45.2 Å². The molecule has 0 radical (unpaired) electrons. The zero-order valence-electron chi connectivity index (χ0n) is 12.3. The number of carbonyl (C=O) groups is 1. The van der Waals surface area contributed by atoms with Crippen LogP contribution in [0.4, 0.5) is 0 Å². The van der Waals surface area contributed by atoms with Crippen molar-refractivity contribution >= 4 is 5.91 Å². The number of benzene rings is 1. The first kappa shape index (κ1) is 14.6. The summed E-state index contributed by atoms with van der Waals surface area (Å²) in [5.41, 5.74) is 0.733. The van der Waals surface area contributed by atoms with E-state index < -0.39 is 0 Å². The van der Waals surface area contributed by atoms with Crippen LogP contribution in [0.2, 0.25) is 0 Å². The molecule has 0 spiro atoms. The molecular weight excluding hydrogens is 250 g/mol. The van der Waals surface area contributed by atoms with Crippen molar-refractivity contribution in [3.8, 4) is 5.75 Å². The molecule has 20 heavy (non-hydrogen) atoms. The van der Waals surface area contributed by atoms with Crippen molar-refractivity contribution in [3.05, 3.63) is 42.5 Å². The highest BCUT2D eigenvalue weighted by atomic mass is 16.5. The van der Waals surface area contributed by atoms with E-state index in [-0.39, 0.29) is 5.91 Å². The minimum atomic E-state index is 0.125. The first-order chi connectivity index (χ1) is 9.63. The third-order valence-corrected chi connectivity index (χ3v) is 3.90. The fourth-order valence-corrected chi connectivity index (χ4v) is 2.82. The average Bonchev–Trinajstić information content (AvgIpc) is 2.45. The largest absolute Gasteiger partial charge is 0.490 e. The van der Waals surface area contributed by atoms with Crippen LogP contribution in [-0.4, -0.2) is 29.5 Å². The molecule has 2 atom stereocenters. The Labute approximate surface area is 121 Å². The van der Waals surface area contributed by atoms with Crippen molar-refractivity contribution in [2.24, 2.45) is 0 Å². The molecule has 1 heterocycles. The lowest BCUT2D eigenvalue weighted by Crippen LogP contribution is -2.47. The van der Waals surface area contributed by atoms with Gasteiger partial charge in [0.15, 0.2) is 0 Å². The maximum atomic E-state index is 12.6. The fourth-order valence-electron chi connectivity index (χ4n) is 2.82. The van der Waals surface area contributed by atoms with E-state index >= 15 is 0 Å². The number of hydrogen-bond donors (Lipinski definition) is 0. The van der Waals surface area contributed by atoms with Gasteiger partial charge >= 0.3 is 0 Å². The maximum Gasteiger partial charge on any atom is 0.254 e. The smallest absolute Gasteiger partial charge is 0.254 e. The maximum absolute atomic E-state index is 12.6. The van der Waals surface area contributed by atoms with E-state index in [4.69, 9.17) is 4.74 Å². The molecule has 2 rings (SSSR count). The Morgan fingerprint density at radius 2 is 1.90 bits per heavy atom. The Bertz CT molecular complexity index is 456. The molecule has 1 aliphatic rings. The predicted molar refractivity (Wildman–Crippen MR) is 81.1 cm³/mol. The third kappa shape index (κ3) is 3.21. The SMILES string of the molecule is C=CCOc1ccc(C(=O)N2[C@H](C)CCC[C@@H]2C)cc1. The first-order valence-electron chi connectivity index (χ1n) is 7.30. The van der Waals surface area contributed by atoms with Crippen LogP contribution >= 0.6 is 0 Å². The van der Waals surface area contributed by atoms with Crippen LogP contribution in [0, 0.1) is 0 Å². The summed E-state index contributed by atoms with van der Waals surface area (Å²) < 4.78 is 5.43. The Kier molecular flexibility index (Phi) is 4.83. The molecule has 1 aliphatic heterocycles. The lowest BCUT2D eigenvalue weighted by atomic mass is 9.96. The number of likely N-dealkylation sites (tertiary alicyclic amines) is 1. The van der Waals surface area contributed by atoms with Crippen molar-refractivity contribution < 1.29 is 9.53 Å². The van der Waals surface area contributed by atoms with E-state index in [1.54, 1.807) is 6.08 Å². The van der Waals surface area contributed by atoms with Gasteiger partial charge in [-0.15, -0.1) is 0 Å². The molecule has 1 aromatic carbocycles. The van der Waals surface area contributed by atoms with Gasteiger partial charge in [0.1, 0.15) is 12.4 Å². The summed E-state index contributed by atoms with van der Waals surface area (Å²) in [6.45, 7) is 8.36. The molecule has 0 aliphatic carbocycles. The van der Waals surface area contributed by atoms with Crippen LogP contribution < -0.4 is 4.74 Å². The Morgan fingerprint density at radius 1 is 1.30 bits per heavy atom. The minimum absolute atomic E-state index is 0.125. The molecule has 1 amide bonds. The van der Waals surface area contributed by atoms with Crippen LogP contribution in [-0.2, 0) is 0 Å². The molecular formula is C17H23NO2. The van der Waals surface area contributed by atoms with Gasteiger partial charge in [0, 0.05) is 17.6 Å². The van der Waals surface area contributed by atoms with Crippen LogP contribution in [0.5, 0.6) is 5.75 Å². The first-order valence-corrected chi connectivity index (χ1v) is 7.30. The van der Waals surface area contributed by atoms with E-state index in [9.17, 15) is 4.79 Å². The fraction of sp³-hybridized carbons (Fsp3) is 0.471. The quantitative estimate of drug-likeness (QED) is 0.784. The second-order valence-electron chi connectivity index (χ2n) is 5.47. The normalized spacial score (nSPS) is 22.4. The number of nitrogens with zero attached hydrogens (tertiary/aromatic N) is 1. The van der Waals surface area contributed by atoms with E-state index in [0.29, 0.717) is 18.7 Å². The number of ether oxygens (including phenoxy) is 1. The lowest BCUT2D eigenvalue weighted by molar-refractivity contribution is 0.0511. The molecule has 1 saturated heterocycles. The summed E-state index contributed by atoms with van der Waals surface area (Å²) in [6.07, 6.45) is 5.10. The average molecular weight is 273 g/mol. The number of piperidine rings is 1. The summed E-state index contributed by atoms with van der Waals surface area (Å²) in [7, 11) is 0. The highest BCUT2D eigenvalue weighted by molar-refractivity contribution is 5.94. The van der Waals surface area contributed by atoms with E-state index in [2.05, 4.69) is 20.4 Å². The number of amides is 1. The van der Waals surface area contributed by atoms with E-state index in [0.717, 1.165) is 24.2 Å². The molecule has 3 heteroatoms. The summed E-state index contributed by atoms with van der Waals surface area (Å²) in [6, 6.07) is 8.02. The molecule has 108 valence electrons. The van der Waals surface area contributed by atoms with Gasteiger partial charge in [0.2, 0.25) is 0 Å². The van der Waals surface area contributed by atoms with Crippen molar-refractivity contribution in [2.75, 3.05) is 6.61 Å². The number of rotatable bonds is 4. The van der Waals surface area contributed by atoms with Gasteiger partial charge in [-0.1, -0.05) is 12.7 Å². The van der Waals surface area contributed by atoms with E-state index in [1.807, 2.05) is 29.2 Å². The van der Waals surface area contributed by atoms with Crippen LogP contribution in [0.15, 0.2) is 36.9 Å². The summed E-state index contributed by atoms with van der Waals surface area (Å²) in [5.74, 6) is 0.890. The molecule has 0 N–H and O–H groups in total. The van der Waals surface area contributed by atoms with E-state index in [1.165, 1.54) is 6.42 Å². The van der Waals surface area contributed by atoms with Gasteiger partial charge in [0.05, 0.1) is 0 Å². The second-order valence-corrected chi connectivity index (χ2v) is 5.47. The Morgan fingerprint density at radius 3 is 2.45 bits per heavy atom. The van der Waals surface area contributed by atoms with Gasteiger partial charge in [-0.3, -0.25) is 4.79 Å². The second kappa shape index (κ2) is 6.60. The molecule has 3 nitrogen and oxygen atoms in total. The van der Waals surface area contributed by atoms with Gasteiger partial charge < -0.3 is 9.64 Å².